The van der Waals surface area contributed by atoms with Gasteiger partial charge >= 0.3 is 219 Å². The molecule has 0 fully saturated rings. The summed E-state index contributed by atoms with van der Waals surface area (Å²) in [5.41, 5.74) is 3.99. The quantitative estimate of drug-likeness (QED) is 0.150. The van der Waals surface area contributed by atoms with E-state index in [1.54, 1.807) is 0 Å². The molecule has 0 radical (unpaired) electrons. The number of rotatable bonds is 7. The Kier molecular flexibility index (Phi) is 6.69. The van der Waals surface area contributed by atoms with Crippen molar-refractivity contribution in [1.82, 2.24) is 9.78 Å². The molecule has 0 aliphatic heterocycles. The van der Waals surface area contributed by atoms with Crippen molar-refractivity contribution >= 4 is 33.0 Å². The van der Waals surface area contributed by atoms with Crippen LogP contribution < -0.4 is 8.45 Å². The van der Waals surface area contributed by atoms with Gasteiger partial charge in [-0.15, -0.1) is 0 Å². The molecule has 0 N–H and O–H groups in total. The van der Waals surface area contributed by atoms with Gasteiger partial charge in [0.05, 0.1) is 0 Å². The van der Waals surface area contributed by atoms with E-state index in [0.717, 1.165) is 11.3 Å². The Labute approximate surface area is 218 Å². The Hall–Kier alpha value is -3.05. The Morgan fingerprint density at radius 3 is 1.58 bits per heavy atom. The monoisotopic (exact) mass is 582 g/mol. The van der Waals surface area contributed by atoms with Crippen LogP contribution in [0.1, 0.15) is 30.5 Å². The van der Waals surface area contributed by atoms with Crippen LogP contribution >= 0.6 is 0 Å². The van der Waals surface area contributed by atoms with Crippen LogP contribution in [0.2, 0.25) is 14.8 Å². The molecule has 1 aromatic heterocycles. The van der Waals surface area contributed by atoms with Gasteiger partial charge in [-0.25, -0.2) is 0 Å². The number of hydrogen-bond donors (Lipinski definition) is 0. The normalized spacial score (nSPS) is 12.3. The van der Waals surface area contributed by atoms with Gasteiger partial charge in [0.1, 0.15) is 0 Å². The Morgan fingerprint density at radius 2 is 1.17 bits per heavy atom. The molecule has 0 atom stereocenters. The molecule has 0 aliphatic rings. The molecule has 5 rings (SSSR count). The van der Waals surface area contributed by atoms with Gasteiger partial charge < -0.3 is 0 Å². The summed E-state index contributed by atoms with van der Waals surface area (Å²) in [6.07, 6.45) is 0.0993. The number of nitrogens with zero attached hydrogens (tertiary/aromatic N) is 2. The maximum atomic E-state index is 6.18. The zero-order valence-electron chi connectivity index (χ0n) is 21.8. The fourth-order valence-corrected chi connectivity index (χ4v) is 9.21. The summed E-state index contributed by atoms with van der Waals surface area (Å²) in [6, 6.07) is 38.8. The van der Waals surface area contributed by atoms with Crippen LogP contribution in [-0.2, 0) is 5.54 Å². The van der Waals surface area contributed by atoms with Gasteiger partial charge in [-0.3, -0.25) is 0 Å². The summed E-state index contributed by atoms with van der Waals surface area (Å²) in [7, 11) is 0. The van der Waals surface area contributed by atoms with Crippen LogP contribution in [0.3, 0.4) is 0 Å². The van der Waals surface area contributed by atoms with Crippen molar-refractivity contribution < 1.29 is 4.74 Å². The van der Waals surface area contributed by atoms with E-state index in [2.05, 4.69) is 143 Å². The number of benzene rings is 4. The molecule has 4 heteroatoms. The van der Waals surface area contributed by atoms with Crippen molar-refractivity contribution in [2.75, 3.05) is 0 Å². The summed E-state index contributed by atoms with van der Waals surface area (Å²) in [5.74, 6) is 0.873. The molecule has 0 saturated heterocycles. The third-order valence-electron chi connectivity index (χ3n) is 6.63. The van der Waals surface area contributed by atoms with Crippen molar-refractivity contribution in [3.63, 3.8) is 0 Å². The van der Waals surface area contributed by atoms with Crippen molar-refractivity contribution in [2.24, 2.45) is 0 Å². The first-order valence-corrected chi connectivity index (χ1v) is 22.7. The second-order valence-electron chi connectivity index (χ2n) is 10.7. The standard InChI is InChI=1S/C29H25N2O.3CH3.Sn/c1-22(2)32-27-19-18-23-21-30-31(28(23)20-27)29(24-12-6-3-7-13-24,25-14-8-4-9-15-25)26-16-10-5-11-17-26;;;;/h3-20,22H,1-2H3;3*1H3;. The van der Waals surface area contributed by atoms with Gasteiger partial charge in [0.25, 0.3) is 0 Å². The molecule has 182 valence electrons. The zero-order valence-corrected chi connectivity index (χ0v) is 24.6. The fourth-order valence-electron chi connectivity index (χ4n) is 5.15. The summed E-state index contributed by atoms with van der Waals surface area (Å²) in [4.78, 5) is 7.32. The molecule has 0 spiro atoms. The zero-order chi connectivity index (χ0) is 25.3. The predicted molar refractivity (Wildman–Crippen MR) is 153 cm³/mol. The molecule has 0 saturated carbocycles. The van der Waals surface area contributed by atoms with Crippen LogP contribution in [0.15, 0.2) is 109 Å². The summed E-state index contributed by atoms with van der Waals surface area (Å²) < 4.78 is 9.74. The SMILES string of the molecule is CC(C)Oc1ccc2[c]([Sn]([CH3])([CH3])[CH3])nn(C(c3ccccc3)(c3ccccc3)c3ccccc3)c2c1. The van der Waals surface area contributed by atoms with Crippen LogP contribution in [-0.4, -0.2) is 34.3 Å². The van der Waals surface area contributed by atoms with Gasteiger partial charge in [0.2, 0.25) is 0 Å². The minimum atomic E-state index is -2.62. The molecule has 0 unspecified atom stereocenters. The maximum absolute atomic E-state index is 6.18. The molecule has 0 bridgehead atoms. The van der Waals surface area contributed by atoms with Gasteiger partial charge in [0.15, 0.2) is 0 Å². The van der Waals surface area contributed by atoms with Crippen molar-refractivity contribution in [2.45, 2.75) is 40.3 Å². The second-order valence-corrected chi connectivity index (χ2v) is 24.9. The third-order valence-corrected chi connectivity index (χ3v) is 11.7. The van der Waals surface area contributed by atoms with Crippen LogP contribution in [0.25, 0.3) is 10.9 Å². The van der Waals surface area contributed by atoms with E-state index in [0.29, 0.717) is 0 Å². The summed E-state index contributed by atoms with van der Waals surface area (Å²) in [6.45, 7) is 4.14. The molecule has 5 aromatic rings. The van der Waals surface area contributed by atoms with Crippen molar-refractivity contribution in [3.8, 4) is 5.75 Å². The van der Waals surface area contributed by atoms with E-state index in [1.165, 1.54) is 25.8 Å². The Bertz CT molecular complexity index is 1360. The van der Waals surface area contributed by atoms with E-state index in [-0.39, 0.29) is 6.10 Å². The summed E-state index contributed by atoms with van der Waals surface area (Å²) in [5, 5.41) is 6.77. The number of hydrogen-bond acceptors (Lipinski definition) is 2. The molecular weight excluding hydrogens is 547 g/mol. The van der Waals surface area contributed by atoms with Crippen LogP contribution in [0.5, 0.6) is 5.75 Å². The fraction of sp³-hybridized carbons (Fsp3) is 0.219. The predicted octanol–water partition coefficient (Wildman–Crippen LogP) is 7.21. The first-order valence-electron chi connectivity index (χ1n) is 12.7. The number of aromatic nitrogens is 2. The first kappa shape index (κ1) is 24.6. The average molecular weight is 581 g/mol. The molecule has 3 nitrogen and oxygen atoms in total. The van der Waals surface area contributed by atoms with Crippen LogP contribution in [0, 0.1) is 0 Å². The van der Waals surface area contributed by atoms with Gasteiger partial charge in [-0.05, 0) is 0 Å². The second kappa shape index (κ2) is 9.78. The molecular formula is C32H34N2OSn. The molecule has 4 aromatic carbocycles. The molecule has 1 heterocycles. The number of ether oxygens (including phenoxy) is 1. The Morgan fingerprint density at radius 1 is 0.694 bits per heavy atom. The molecule has 36 heavy (non-hydrogen) atoms. The van der Waals surface area contributed by atoms with E-state index < -0.39 is 23.9 Å². The third kappa shape index (κ3) is 4.34. The first-order chi connectivity index (χ1) is 17.3. The molecule has 0 amide bonds. The van der Waals surface area contributed by atoms with Gasteiger partial charge in [-0.2, -0.15) is 0 Å². The minimum absolute atomic E-state index is 0.0993. The van der Waals surface area contributed by atoms with Crippen LogP contribution in [0.4, 0.5) is 0 Å². The van der Waals surface area contributed by atoms with Gasteiger partial charge in [0, 0.05) is 0 Å². The van der Waals surface area contributed by atoms with Crippen molar-refractivity contribution in [3.05, 3.63) is 126 Å². The van der Waals surface area contributed by atoms with E-state index in [4.69, 9.17) is 9.84 Å². The topological polar surface area (TPSA) is 27.1 Å². The number of fused-ring (bicyclic) bond motifs is 1. The average Bonchev–Trinajstić information content (AvgIpc) is 3.26. The van der Waals surface area contributed by atoms with E-state index in [9.17, 15) is 0 Å². The van der Waals surface area contributed by atoms with Crippen molar-refractivity contribution in [1.29, 1.82) is 0 Å². The van der Waals surface area contributed by atoms with Gasteiger partial charge in [-0.1, -0.05) is 0 Å². The Balaban J connectivity index is 1.97. The molecule has 0 aliphatic carbocycles. The van der Waals surface area contributed by atoms with E-state index in [1.807, 2.05) is 0 Å². The summed E-state index contributed by atoms with van der Waals surface area (Å²) >= 11 is -2.62. The van der Waals surface area contributed by atoms with E-state index >= 15 is 0 Å².